The largest absolute Gasteiger partial charge is 0.442 e. The van der Waals surface area contributed by atoms with Crippen molar-refractivity contribution >= 4 is 23.8 Å². The second-order valence-electron chi connectivity index (χ2n) is 4.50. The molecule has 6 nitrogen and oxygen atoms in total. The van der Waals surface area contributed by atoms with Crippen LogP contribution in [-0.2, 0) is 9.47 Å². The van der Waals surface area contributed by atoms with Crippen LogP contribution < -0.4 is 11.5 Å². The van der Waals surface area contributed by atoms with Gasteiger partial charge in [0.25, 0.3) is 0 Å². The number of nitrogens with two attached hydrogens (primary N) is 2. The Morgan fingerprint density at radius 3 is 2.33 bits per heavy atom. The first-order valence-corrected chi connectivity index (χ1v) is 7.00. The number of primary amides is 2. The van der Waals surface area contributed by atoms with Crippen LogP contribution in [0, 0.1) is 0 Å². The van der Waals surface area contributed by atoms with Crippen molar-refractivity contribution in [2.24, 2.45) is 11.5 Å². The zero-order chi connectivity index (χ0) is 15.8. The Labute approximate surface area is 128 Å². The van der Waals surface area contributed by atoms with E-state index in [0.29, 0.717) is 17.0 Å². The molecule has 21 heavy (non-hydrogen) atoms. The summed E-state index contributed by atoms with van der Waals surface area (Å²) in [6.07, 6.45) is -1.44. The van der Waals surface area contributed by atoms with E-state index in [-0.39, 0.29) is 0 Å². The molecule has 0 aliphatic heterocycles. The molecule has 0 heterocycles. The van der Waals surface area contributed by atoms with Gasteiger partial charge < -0.3 is 20.9 Å². The molecular weight excluding hydrogens is 296 g/mol. The maximum absolute atomic E-state index is 11.1. The van der Waals surface area contributed by atoms with Gasteiger partial charge in [-0.25, -0.2) is 9.59 Å². The number of halogens is 1. The van der Waals surface area contributed by atoms with Crippen LogP contribution in [-0.4, -0.2) is 18.3 Å². The minimum absolute atomic E-state index is 0.387. The van der Waals surface area contributed by atoms with Crippen molar-refractivity contribution in [3.63, 3.8) is 0 Å². The summed E-state index contributed by atoms with van der Waals surface area (Å²) in [5.41, 5.74) is 10.7. The molecule has 0 spiro atoms. The average Bonchev–Trinajstić information content (AvgIpc) is 2.41. The van der Waals surface area contributed by atoms with E-state index >= 15 is 0 Å². The standard InChI is InChI=1S/C14H19ClN2O4/c1-2-3-8-11(20-13(16)18)12(21-14(17)19)9-6-4-5-7-10(9)15/h4-7,11-12H,2-3,8H2,1H3,(H2,16,18)(H2,17,19)/t11-,12-/m0/s1. The van der Waals surface area contributed by atoms with Crippen LogP contribution in [0.4, 0.5) is 9.59 Å². The van der Waals surface area contributed by atoms with Crippen LogP contribution in [0.2, 0.25) is 5.02 Å². The smallest absolute Gasteiger partial charge is 0.405 e. The molecule has 0 saturated heterocycles. The molecule has 0 radical (unpaired) electrons. The Kier molecular flexibility index (Phi) is 6.81. The second-order valence-corrected chi connectivity index (χ2v) is 4.90. The number of unbranched alkanes of at least 4 members (excludes halogenated alkanes) is 1. The monoisotopic (exact) mass is 314 g/mol. The zero-order valence-corrected chi connectivity index (χ0v) is 12.5. The highest BCUT2D eigenvalue weighted by Crippen LogP contribution is 2.31. The van der Waals surface area contributed by atoms with Gasteiger partial charge in [-0.1, -0.05) is 43.1 Å². The maximum atomic E-state index is 11.1. The average molecular weight is 315 g/mol. The van der Waals surface area contributed by atoms with Gasteiger partial charge in [0, 0.05) is 10.6 Å². The van der Waals surface area contributed by atoms with Crippen LogP contribution in [0.5, 0.6) is 0 Å². The summed E-state index contributed by atoms with van der Waals surface area (Å²) in [6.45, 7) is 1.99. The summed E-state index contributed by atoms with van der Waals surface area (Å²) >= 11 is 6.11. The lowest BCUT2D eigenvalue weighted by molar-refractivity contribution is -0.00963. The van der Waals surface area contributed by atoms with E-state index in [1.807, 2.05) is 6.92 Å². The SMILES string of the molecule is CCCC[C@H](OC(N)=O)[C@@H](OC(N)=O)c1ccccc1Cl. The predicted octanol–water partition coefficient (Wildman–Crippen LogP) is 3.13. The van der Waals surface area contributed by atoms with Crippen LogP contribution in [0.1, 0.15) is 37.9 Å². The molecule has 1 aromatic rings. The van der Waals surface area contributed by atoms with Crippen LogP contribution >= 0.6 is 11.6 Å². The highest BCUT2D eigenvalue weighted by molar-refractivity contribution is 6.31. The van der Waals surface area contributed by atoms with E-state index in [1.54, 1.807) is 24.3 Å². The molecule has 0 aliphatic rings. The fraction of sp³-hybridized carbons (Fsp3) is 0.429. The van der Waals surface area contributed by atoms with Crippen LogP contribution in [0.15, 0.2) is 24.3 Å². The number of benzene rings is 1. The first kappa shape index (κ1) is 17.1. The number of amides is 2. The van der Waals surface area contributed by atoms with Gasteiger partial charge in [0.1, 0.15) is 6.10 Å². The van der Waals surface area contributed by atoms with Gasteiger partial charge in [-0.15, -0.1) is 0 Å². The molecule has 0 saturated carbocycles. The Bertz CT molecular complexity index is 496. The van der Waals surface area contributed by atoms with Gasteiger partial charge in [0.05, 0.1) is 0 Å². The Hall–Kier alpha value is -1.95. The first-order chi connectivity index (χ1) is 9.95. The Morgan fingerprint density at radius 2 is 1.81 bits per heavy atom. The molecule has 2 amide bonds. The van der Waals surface area contributed by atoms with E-state index < -0.39 is 24.4 Å². The zero-order valence-electron chi connectivity index (χ0n) is 11.8. The third-order valence-corrected chi connectivity index (χ3v) is 3.25. The summed E-state index contributed by atoms with van der Waals surface area (Å²) in [6, 6.07) is 6.80. The molecule has 0 fully saturated rings. The van der Waals surface area contributed by atoms with E-state index in [9.17, 15) is 9.59 Å². The summed E-state index contributed by atoms with van der Waals surface area (Å²) < 4.78 is 10.2. The molecule has 116 valence electrons. The van der Waals surface area contributed by atoms with E-state index in [0.717, 1.165) is 12.8 Å². The quantitative estimate of drug-likeness (QED) is 0.806. The van der Waals surface area contributed by atoms with Crippen molar-refractivity contribution in [1.29, 1.82) is 0 Å². The second kappa shape index (κ2) is 8.36. The molecule has 0 aliphatic carbocycles. The Balaban J connectivity index is 3.09. The molecule has 1 aromatic carbocycles. The number of ether oxygens (including phenoxy) is 2. The maximum Gasteiger partial charge on any atom is 0.405 e. The highest BCUT2D eigenvalue weighted by atomic mass is 35.5. The molecule has 0 unspecified atom stereocenters. The third kappa shape index (κ3) is 5.51. The molecule has 1 rings (SSSR count). The Morgan fingerprint density at radius 1 is 1.19 bits per heavy atom. The van der Waals surface area contributed by atoms with Gasteiger partial charge >= 0.3 is 12.2 Å². The summed E-state index contributed by atoms with van der Waals surface area (Å²) in [4.78, 5) is 22.2. The molecular formula is C14H19ClN2O4. The lowest BCUT2D eigenvalue weighted by Crippen LogP contribution is -2.32. The fourth-order valence-corrected chi connectivity index (χ4v) is 2.24. The molecule has 4 N–H and O–H groups in total. The van der Waals surface area contributed by atoms with Crippen molar-refractivity contribution in [2.75, 3.05) is 0 Å². The third-order valence-electron chi connectivity index (χ3n) is 2.90. The predicted molar refractivity (Wildman–Crippen MR) is 78.8 cm³/mol. The fourth-order valence-electron chi connectivity index (χ4n) is 2.00. The van der Waals surface area contributed by atoms with E-state index in [1.165, 1.54) is 0 Å². The van der Waals surface area contributed by atoms with Gasteiger partial charge in [0.2, 0.25) is 0 Å². The van der Waals surface area contributed by atoms with E-state index in [4.69, 9.17) is 32.5 Å². The van der Waals surface area contributed by atoms with Crippen molar-refractivity contribution in [3.8, 4) is 0 Å². The first-order valence-electron chi connectivity index (χ1n) is 6.62. The van der Waals surface area contributed by atoms with Crippen molar-refractivity contribution in [2.45, 2.75) is 38.4 Å². The number of rotatable bonds is 7. The molecule has 7 heteroatoms. The summed E-state index contributed by atoms with van der Waals surface area (Å²) in [5.74, 6) is 0. The van der Waals surface area contributed by atoms with Crippen molar-refractivity contribution in [3.05, 3.63) is 34.9 Å². The normalized spacial score (nSPS) is 13.2. The van der Waals surface area contributed by atoms with Crippen LogP contribution in [0.25, 0.3) is 0 Å². The lowest BCUT2D eigenvalue weighted by atomic mass is 9.99. The lowest BCUT2D eigenvalue weighted by Gasteiger charge is -2.26. The topological polar surface area (TPSA) is 105 Å². The summed E-state index contributed by atoms with van der Waals surface area (Å²) in [7, 11) is 0. The van der Waals surface area contributed by atoms with Crippen molar-refractivity contribution in [1.82, 2.24) is 0 Å². The minimum atomic E-state index is -0.977. The van der Waals surface area contributed by atoms with Gasteiger partial charge in [-0.2, -0.15) is 0 Å². The van der Waals surface area contributed by atoms with Gasteiger partial charge in [0.15, 0.2) is 6.10 Å². The van der Waals surface area contributed by atoms with Crippen LogP contribution in [0.3, 0.4) is 0 Å². The molecule has 0 bridgehead atoms. The number of hydrogen-bond acceptors (Lipinski definition) is 4. The summed E-state index contributed by atoms with van der Waals surface area (Å²) in [5, 5.41) is 0.387. The van der Waals surface area contributed by atoms with Gasteiger partial charge in [-0.05, 0) is 18.9 Å². The number of hydrogen-bond donors (Lipinski definition) is 2. The van der Waals surface area contributed by atoms with Gasteiger partial charge in [-0.3, -0.25) is 0 Å². The molecule has 2 atom stereocenters. The number of carbonyl (C=O) groups excluding carboxylic acids is 2. The van der Waals surface area contributed by atoms with Crippen molar-refractivity contribution < 1.29 is 19.1 Å². The highest BCUT2D eigenvalue weighted by Gasteiger charge is 2.30. The molecule has 0 aromatic heterocycles. The van der Waals surface area contributed by atoms with E-state index in [2.05, 4.69) is 0 Å². The minimum Gasteiger partial charge on any atom is -0.442 e. The number of carbonyl (C=O) groups is 2.